The minimum absolute atomic E-state index is 0.0971. The van der Waals surface area contributed by atoms with Crippen LogP contribution in [-0.4, -0.2) is 15.8 Å². The first-order chi connectivity index (χ1) is 14.2. The SMILES string of the molecule is Cc1ccc(C2=NN(c3ccccc3)[C@H](c3ccc4cccnc4c3O)C2)cc1. The molecule has 1 atom stereocenters. The number of hydrogen-bond donors (Lipinski definition) is 1. The molecule has 1 N–H and O–H groups in total. The predicted molar refractivity (Wildman–Crippen MR) is 117 cm³/mol. The molecule has 1 aliphatic heterocycles. The number of hydrogen-bond acceptors (Lipinski definition) is 4. The average molecular weight is 379 g/mol. The fourth-order valence-corrected chi connectivity index (χ4v) is 3.91. The Hall–Kier alpha value is -3.66. The monoisotopic (exact) mass is 379 g/mol. The van der Waals surface area contributed by atoms with E-state index in [0.29, 0.717) is 11.9 Å². The van der Waals surface area contributed by atoms with E-state index in [-0.39, 0.29) is 11.8 Å². The highest BCUT2D eigenvalue weighted by atomic mass is 16.3. The van der Waals surface area contributed by atoms with E-state index in [1.54, 1.807) is 6.20 Å². The second kappa shape index (κ2) is 7.06. The molecule has 0 amide bonds. The Morgan fingerprint density at radius 1 is 0.897 bits per heavy atom. The zero-order valence-electron chi connectivity index (χ0n) is 16.2. The van der Waals surface area contributed by atoms with E-state index in [1.807, 2.05) is 59.6 Å². The number of phenols is 1. The summed E-state index contributed by atoms with van der Waals surface area (Å²) in [6.07, 6.45) is 2.42. The number of nitrogens with zero attached hydrogens (tertiary/aromatic N) is 3. The third kappa shape index (κ3) is 3.13. The molecule has 0 aliphatic carbocycles. The zero-order chi connectivity index (χ0) is 19.8. The maximum Gasteiger partial charge on any atom is 0.147 e. The number of rotatable bonds is 3. The molecule has 4 heteroatoms. The Morgan fingerprint density at radius 2 is 1.69 bits per heavy atom. The molecule has 1 aromatic heterocycles. The standard InChI is InChI=1S/C25H21N3O/c1-17-9-11-18(12-10-17)22-16-23(28(27-22)20-7-3-2-4-8-20)21-14-13-19-6-5-15-26-24(19)25(21)29/h2-15,23,29H,16H2,1H3/t23-/m0/s1. The van der Waals surface area contributed by atoms with Crippen LogP contribution in [0.1, 0.15) is 29.2 Å². The third-order valence-corrected chi connectivity index (χ3v) is 5.45. The number of fused-ring (bicyclic) bond motifs is 1. The molecular weight excluding hydrogens is 358 g/mol. The van der Waals surface area contributed by atoms with Gasteiger partial charge in [0.05, 0.1) is 17.4 Å². The maximum absolute atomic E-state index is 11.0. The van der Waals surface area contributed by atoms with Crippen LogP contribution in [0.4, 0.5) is 5.69 Å². The molecule has 0 radical (unpaired) electrons. The Labute approximate surface area is 169 Å². The van der Waals surface area contributed by atoms with Crippen LogP contribution < -0.4 is 5.01 Å². The molecule has 0 saturated carbocycles. The van der Waals surface area contributed by atoms with Crippen molar-refractivity contribution in [3.05, 3.63) is 102 Å². The topological polar surface area (TPSA) is 48.7 Å². The normalized spacial score (nSPS) is 16.2. The van der Waals surface area contributed by atoms with Crippen molar-refractivity contribution in [3.63, 3.8) is 0 Å². The minimum Gasteiger partial charge on any atom is -0.505 e. The summed E-state index contributed by atoms with van der Waals surface area (Å²) in [4.78, 5) is 4.39. The second-order valence-corrected chi connectivity index (χ2v) is 7.39. The summed E-state index contributed by atoms with van der Waals surface area (Å²) in [5.41, 5.74) is 5.81. The summed E-state index contributed by atoms with van der Waals surface area (Å²) in [6, 6.07) is 26.3. The van der Waals surface area contributed by atoms with Crippen LogP contribution in [0.2, 0.25) is 0 Å². The number of benzene rings is 3. The molecule has 5 rings (SSSR count). The molecule has 0 saturated heterocycles. The quantitative estimate of drug-likeness (QED) is 0.504. The number of aromatic hydroxyl groups is 1. The fraction of sp³-hybridized carbons (Fsp3) is 0.120. The van der Waals surface area contributed by atoms with Gasteiger partial charge in [-0.25, -0.2) is 0 Å². The lowest BCUT2D eigenvalue weighted by Crippen LogP contribution is -2.18. The molecular formula is C25H21N3O. The highest BCUT2D eigenvalue weighted by molar-refractivity contribution is 6.03. The van der Waals surface area contributed by atoms with Gasteiger partial charge in [-0.1, -0.05) is 66.2 Å². The molecule has 3 aromatic carbocycles. The van der Waals surface area contributed by atoms with Gasteiger partial charge in [0.25, 0.3) is 0 Å². The number of aryl methyl sites for hydroxylation is 1. The van der Waals surface area contributed by atoms with Crippen molar-refractivity contribution < 1.29 is 5.11 Å². The van der Waals surface area contributed by atoms with Gasteiger partial charge in [0.2, 0.25) is 0 Å². The van der Waals surface area contributed by atoms with Crippen LogP contribution in [-0.2, 0) is 0 Å². The fourth-order valence-electron chi connectivity index (χ4n) is 3.91. The van der Waals surface area contributed by atoms with Gasteiger partial charge in [0, 0.05) is 23.6 Å². The smallest absolute Gasteiger partial charge is 0.147 e. The number of para-hydroxylation sites is 1. The van der Waals surface area contributed by atoms with Gasteiger partial charge < -0.3 is 5.11 Å². The van der Waals surface area contributed by atoms with Crippen LogP contribution in [0, 0.1) is 6.92 Å². The van der Waals surface area contributed by atoms with Crippen molar-refractivity contribution in [1.82, 2.24) is 4.98 Å². The molecule has 2 heterocycles. The molecule has 4 nitrogen and oxygen atoms in total. The lowest BCUT2D eigenvalue weighted by Gasteiger charge is -2.24. The number of pyridine rings is 1. The molecule has 0 spiro atoms. The first kappa shape index (κ1) is 17.4. The molecule has 142 valence electrons. The largest absolute Gasteiger partial charge is 0.505 e. The van der Waals surface area contributed by atoms with E-state index < -0.39 is 0 Å². The molecule has 29 heavy (non-hydrogen) atoms. The summed E-state index contributed by atoms with van der Waals surface area (Å²) in [5, 5.41) is 18.9. The Balaban J connectivity index is 1.62. The van der Waals surface area contributed by atoms with E-state index in [9.17, 15) is 5.11 Å². The summed E-state index contributed by atoms with van der Waals surface area (Å²) in [7, 11) is 0. The zero-order valence-corrected chi connectivity index (χ0v) is 16.2. The van der Waals surface area contributed by atoms with E-state index in [4.69, 9.17) is 5.10 Å². The lowest BCUT2D eigenvalue weighted by atomic mass is 9.96. The highest BCUT2D eigenvalue weighted by Crippen LogP contribution is 2.41. The maximum atomic E-state index is 11.0. The Morgan fingerprint density at radius 3 is 2.48 bits per heavy atom. The van der Waals surface area contributed by atoms with E-state index in [0.717, 1.165) is 27.9 Å². The number of aromatic nitrogens is 1. The third-order valence-electron chi connectivity index (χ3n) is 5.45. The summed E-state index contributed by atoms with van der Waals surface area (Å²) in [5.74, 6) is 0.231. The van der Waals surface area contributed by atoms with Crippen LogP contribution in [0.15, 0.2) is 90.2 Å². The molecule has 0 bridgehead atoms. The summed E-state index contributed by atoms with van der Waals surface area (Å²) in [6.45, 7) is 2.08. The summed E-state index contributed by atoms with van der Waals surface area (Å²) >= 11 is 0. The van der Waals surface area contributed by atoms with Crippen LogP contribution in [0.3, 0.4) is 0 Å². The van der Waals surface area contributed by atoms with Crippen LogP contribution in [0.5, 0.6) is 5.75 Å². The van der Waals surface area contributed by atoms with Crippen molar-refractivity contribution in [2.45, 2.75) is 19.4 Å². The number of phenolic OH excluding ortho intramolecular Hbond substituents is 1. The van der Waals surface area contributed by atoms with Crippen molar-refractivity contribution >= 4 is 22.3 Å². The van der Waals surface area contributed by atoms with Crippen molar-refractivity contribution in [1.29, 1.82) is 0 Å². The first-order valence-electron chi connectivity index (χ1n) is 9.76. The number of hydrazone groups is 1. The Kier molecular flexibility index (Phi) is 4.24. The van der Waals surface area contributed by atoms with Crippen molar-refractivity contribution in [2.75, 3.05) is 5.01 Å². The van der Waals surface area contributed by atoms with Crippen LogP contribution in [0.25, 0.3) is 10.9 Å². The molecule has 1 aliphatic rings. The van der Waals surface area contributed by atoms with Gasteiger partial charge in [-0.2, -0.15) is 5.10 Å². The van der Waals surface area contributed by atoms with E-state index in [1.165, 1.54) is 5.56 Å². The van der Waals surface area contributed by atoms with Gasteiger partial charge in [0.1, 0.15) is 11.3 Å². The Bertz CT molecular complexity index is 1200. The first-order valence-corrected chi connectivity index (χ1v) is 9.76. The lowest BCUT2D eigenvalue weighted by molar-refractivity contribution is 0.466. The predicted octanol–water partition coefficient (Wildman–Crippen LogP) is 5.60. The highest BCUT2D eigenvalue weighted by Gasteiger charge is 2.32. The molecule has 0 unspecified atom stereocenters. The van der Waals surface area contributed by atoms with E-state index in [2.05, 4.69) is 36.2 Å². The van der Waals surface area contributed by atoms with Gasteiger partial charge in [0.15, 0.2) is 0 Å². The molecule has 4 aromatic rings. The van der Waals surface area contributed by atoms with Gasteiger partial charge >= 0.3 is 0 Å². The van der Waals surface area contributed by atoms with Crippen LogP contribution >= 0.6 is 0 Å². The van der Waals surface area contributed by atoms with Gasteiger partial charge in [-0.3, -0.25) is 9.99 Å². The van der Waals surface area contributed by atoms with Gasteiger partial charge in [-0.05, 0) is 30.7 Å². The minimum atomic E-state index is -0.0971. The van der Waals surface area contributed by atoms with Crippen molar-refractivity contribution in [2.24, 2.45) is 5.10 Å². The average Bonchev–Trinajstić information content (AvgIpc) is 3.20. The van der Waals surface area contributed by atoms with Crippen molar-refractivity contribution in [3.8, 4) is 5.75 Å². The van der Waals surface area contributed by atoms with E-state index >= 15 is 0 Å². The number of anilines is 1. The van der Waals surface area contributed by atoms with Gasteiger partial charge in [-0.15, -0.1) is 0 Å². The molecule has 0 fully saturated rings. The summed E-state index contributed by atoms with van der Waals surface area (Å²) < 4.78 is 0. The second-order valence-electron chi connectivity index (χ2n) is 7.39.